The predicted molar refractivity (Wildman–Crippen MR) is 86.8 cm³/mol. The number of anilines is 1. The molecule has 7 nitrogen and oxygen atoms in total. The molecule has 1 aliphatic rings. The molecule has 0 bridgehead atoms. The Kier molecular flexibility index (Phi) is 3.99. The number of morpholine rings is 1. The molecule has 1 aliphatic heterocycles. The van der Waals surface area contributed by atoms with E-state index in [0.29, 0.717) is 30.4 Å². The zero-order valence-corrected chi connectivity index (χ0v) is 13.7. The second-order valence-electron chi connectivity index (χ2n) is 5.79. The van der Waals surface area contributed by atoms with E-state index in [0.717, 1.165) is 5.56 Å². The fraction of sp³-hybridized carbons (Fsp3) is 0.400. The first-order chi connectivity index (χ1) is 10.9. The van der Waals surface area contributed by atoms with Crippen LogP contribution in [0.4, 0.5) is 11.4 Å². The van der Waals surface area contributed by atoms with Crippen molar-refractivity contribution in [3.63, 3.8) is 0 Å². The molecule has 0 spiro atoms. The third-order valence-electron chi connectivity index (χ3n) is 4.06. The van der Waals surface area contributed by atoms with Crippen molar-refractivity contribution < 1.29 is 9.66 Å². The van der Waals surface area contributed by atoms with Crippen LogP contribution >= 0.6 is 11.6 Å². The smallest absolute Gasteiger partial charge is 0.294 e. The number of hydrogen-bond acceptors (Lipinski definition) is 5. The highest BCUT2D eigenvalue weighted by Gasteiger charge is 2.36. The van der Waals surface area contributed by atoms with Gasteiger partial charge in [-0.3, -0.25) is 14.8 Å². The zero-order valence-electron chi connectivity index (χ0n) is 12.9. The molecule has 0 saturated carbocycles. The third kappa shape index (κ3) is 3.02. The standard InChI is InChI=1S/C15H17ClN4O3/c1-15(11-8-17-18(2)9-11)10-19(5-6-23-15)13-4-3-12(16)7-14(13)20(21)22/h3-4,7-9H,5-6,10H2,1-2H3. The fourth-order valence-electron chi connectivity index (χ4n) is 2.85. The third-order valence-corrected chi connectivity index (χ3v) is 4.30. The molecule has 1 unspecified atom stereocenters. The van der Waals surface area contributed by atoms with Crippen LogP contribution in [-0.4, -0.2) is 34.4 Å². The summed E-state index contributed by atoms with van der Waals surface area (Å²) in [6.45, 7) is 3.53. The average Bonchev–Trinajstić information content (AvgIpc) is 2.94. The number of nitro groups is 1. The zero-order chi connectivity index (χ0) is 16.6. The minimum atomic E-state index is -0.569. The van der Waals surface area contributed by atoms with Crippen LogP contribution in [0, 0.1) is 10.1 Å². The molecular formula is C15H17ClN4O3. The van der Waals surface area contributed by atoms with Gasteiger partial charge in [0.05, 0.1) is 24.3 Å². The largest absolute Gasteiger partial charge is 0.367 e. The van der Waals surface area contributed by atoms with Crippen molar-refractivity contribution in [3.8, 4) is 0 Å². The van der Waals surface area contributed by atoms with E-state index in [-0.39, 0.29) is 5.69 Å². The van der Waals surface area contributed by atoms with Crippen LogP contribution in [0.1, 0.15) is 12.5 Å². The van der Waals surface area contributed by atoms with E-state index in [9.17, 15) is 10.1 Å². The predicted octanol–water partition coefficient (Wildman–Crippen LogP) is 2.73. The summed E-state index contributed by atoms with van der Waals surface area (Å²) in [5.74, 6) is 0. The van der Waals surface area contributed by atoms with Crippen LogP contribution in [0.3, 0.4) is 0 Å². The summed E-state index contributed by atoms with van der Waals surface area (Å²) in [6, 6.07) is 4.74. The Morgan fingerprint density at radius 3 is 2.91 bits per heavy atom. The van der Waals surface area contributed by atoms with E-state index in [1.165, 1.54) is 6.07 Å². The van der Waals surface area contributed by atoms with Gasteiger partial charge in [-0.15, -0.1) is 0 Å². The van der Waals surface area contributed by atoms with Gasteiger partial charge in [-0.2, -0.15) is 5.10 Å². The molecule has 23 heavy (non-hydrogen) atoms. The van der Waals surface area contributed by atoms with E-state index in [2.05, 4.69) is 5.10 Å². The lowest BCUT2D eigenvalue weighted by molar-refractivity contribution is -0.384. The van der Waals surface area contributed by atoms with Crippen LogP contribution < -0.4 is 4.90 Å². The quantitative estimate of drug-likeness (QED) is 0.636. The number of aryl methyl sites for hydroxylation is 1. The molecular weight excluding hydrogens is 320 g/mol. The van der Waals surface area contributed by atoms with Gasteiger partial charge in [-0.25, -0.2) is 0 Å². The van der Waals surface area contributed by atoms with E-state index in [4.69, 9.17) is 16.3 Å². The highest BCUT2D eigenvalue weighted by molar-refractivity contribution is 6.30. The molecule has 2 aromatic rings. The van der Waals surface area contributed by atoms with Gasteiger partial charge >= 0.3 is 0 Å². The van der Waals surface area contributed by atoms with E-state index in [1.807, 2.05) is 25.1 Å². The maximum absolute atomic E-state index is 11.3. The number of benzene rings is 1. The SMILES string of the molecule is Cn1cc(C2(C)CN(c3ccc(Cl)cc3[N+](=O)[O-])CCO2)cn1. The number of halogens is 1. The first-order valence-corrected chi connectivity index (χ1v) is 7.59. The Morgan fingerprint density at radius 2 is 2.26 bits per heavy atom. The number of nitrogens with zero attached hydrogens (tertiary/aromatic N) is 4. The van der Waals surface area contributed by atoms with Gasteiger partial charge in [0.1, 0.15) is 11.3 Å². The molecule has 1 aromatic heterocycles. The number of rotatable bonds is 3. The van der Waals surface area contributed by atoms with Gasteiger partial charge in [-0.1, -0.05) is 11.6 Å². The van der Waals surface area contributed by atoms with Gasteiger partial charge in [0.2, 0.25) is 0 Å². The van der Waals surface area contributed by atoms with Crippen molar-refractivity contribution in [2.75, 3.05) is 24.6 Å². The number of hydrogen-bond donors (Lipinski definition) is 0. The number of nitro benzene ring substituents is 1. The lowest BCUT2D eigenvalue weighted by Gasteiger charge is -2.41. The van der Waals surface area contributed by atoms with Crippen molar-refractivity contribution in [2.45, 2.75) is 12.5 Å². The summed E-state index contributed by atoms with van der Waals surface area (Å²) in [5.41, 5.74) is 0.937. The van der Waals surface area contributed by atoms with Gasteiger partial charge in [0.25, 0.3) is 5.69 Å². The normalized spacial score (nSPS) is 21.4. The highest BCUT2D eigenvalue weighted by Crippen LogP contribution is 2.36. The van der Waals surface area contributed by atoms with Crippen molar-refractivity contribution >= 4 is 23.0 Å². The van der Waals surface area contributed by atoms with Crippen molar-refractivity contribution in [1.29, 1.82) is 0 Å². The van der Waals surface area contributed by atoms with Crippen LogP contribution in [0.5, 0.6) is 0 Å². The van der Waals surface area contributed by atoms with Crippen molar-refractivity contribution in [2.24, 2.45) is 7.05 Å². The van der Waals surface area contributed by atoms with Crippen LogP contribution in [-0.2, 0) is 17.4 Å². The summed E-state index contributed by atoms with van der Waals surface area (Å²) in [4.78, 5) is 12.9. The average molecular weight is 337 g/mol. The van der Waals surface area contributed by atoms with Crippen molar-refractivity contribution in [3.05, 3.63) is 51.3 Å². The minimum absolute atomic E-state index is 0.00735. The molecule has 0 amide bonds. The summed E-state index contributed by atoms with van der Waals surface area (Å²) in [6.07, 6.45) is 3.67. The summed E-state index contributed by atoms with van der Waals surface area (Å²) >= 11 is 5.90. The second-order valence-corrected chi connectivity index (χ2v) is 6.23. The van der Waals surface area contributed by atoms with E-state index >= 15 is 0 Å². The van der Waals surface area contributed by atoms with E-state index < -0.39 is 10.5 Å². The molecule has 2 heterocycles. The number of aromatic nitrogens is 2. The van der Waals surface area contributed by atoms with Gasteiger partial charge in [0, 0.05) is 36.4 Å². The van der Waals surface area contributed by atoms with Crippen LogP contribution in [0.2, 0.25) is 5.02 Å². The van der Waals surface area contributed by atoms with Crippen molar-refractivity contribution in [1.82, 2.24) is 9.78 Å². The Labute approximate surface area is 138 Å². The molecule has 8 heteroatoms. The molecule has 3 rings (SSSR count). The summed E-state index contributed by atoms with van der Waals surface area (Å²) in [7, 11) is 1.84. The highest BCUT2D eigenvalue weighted by atomic mass is 35.5. The Hall–Kier alpha value is -2.12. The molecule has 122 valence electrons. The van der Waals surface area contributed by atoms with Crippen LogP contribution in [0.25, 0.3) is 0 Å². The summed E-state index contributed by atoms with van der Waals surface area (Å²) < 4.78 is 7.67. The monoisotopic (exact) mass is 336 g/mol. The maximum Gasteiger partial charge on any atom is 0.294 e. The lowest BCUT2D eigenvalue weighted by Crippen LogP contribution is -2.48. The minimum Gasteiger partial charge on any atom is -0.367 e. The fourth-order valence-corrected chi connectivity index (χ4v) is 3.02. The molecule has 0 N–H and O–H groups in total. The summed E-state index contributed by atoms with van der Waals surface area (Å²) in [5, 5.41) is 15.9. The van der Waals surface area contributed by atoms with Gasteiger partial charge < -0.3 is 9.64 Å². The van der Waals surface area contributed by atoms with E-state index in [1.54, 1.807) is 23.0 Å². The molecule has 1 atom stereocenters. The maximum atomic E-state index is 11.3. The second kappa shape index (κ2) is 5.82. The van der Waals surface area contributed by atoms with Crippen LogP contribution in [0.15, 0.2) is 30.6 Å². The first-order valence-electron chi connectivity index (χ1n) is 7.21. The molecule has 0 aliphatic carbocycles. The van der Waals surface area contributed by atoms with Gasteiger partial charge in [-0.05, 0) is 19.1 Å². The first kappa shape index (κ1) is 15.8. The Morgan fingerprint density at radius 1 is 1.48 bits per heavy atom. The molecule has 1 aromatic carbocycles. The topological polar surface area (TPSA) is 73.4 Å². The number of ether oxygens (including phenoxy) is 1. The molecule has 1 fully saturated rings. The Bertz CT molecular complexity index is 748. The molecule has 0 radical (unpaired) electrons. The molecule has 1 saturated heterocycles. The lowest BCUT2D eigenvalue weighted by atomic mass is 9.96. The Balaban J connectivity index is 1.94. The van der Waals surface area contributed by atoms with Gasteiger partial charge in [0.15, 0.2) is 0 Å².